The highest BCUT2D eigenvalue weighted by molar-refractivity contribution is 6.07. The van der Waals surface area contributed by atoms with Gasteiger partial charge in [-0.2, -0.15) is 0 Å². The first-order valence-corrected chi connectivity index (χ1v) is 9.64. The van der Waals surface area contributed by atoms with Gasteiger partial charge < -0.3 is 19.9 Å². The topological polar surface area (TPSA) is 88.1 Å². The predicted octanol–water partition coefficient (Wildman–Crippen LogP) is 2.33. The van der Waals surface area contributed by atoms with Crippen LogP contribution in [0.25, 0.3) is 0 Å². The molecule has 0 bridgehead atoms. The number of nitrogens with one attached hydrogen (secondary N) is 1. The number of amides is 3. The Bertz CT molecular complexity index is 677. The highest BCUT2D eigenvalue weighted by Gasteiger charge is 2.54. The number of ether oxygens (including phenoxy) is 2. The second-order valence-corrected chi connectivity index (χ2v) is 7.33. The standard InChI is InChI=1S/C20H28N2O5/c1-3-26-16-7-9-17(10-8-16)27-13-15(23)12-22-18(24)20(21-19(22)25)11-5-4-6-14(20)2/h7-10,14-15,23H,3-6,11-13H2,1-2H3,(H,21,25). The fourth-order valence-corrected chi connectivity index (χ4v) is 3.92. The summed E-state index contributed by atoms with van der Waals surface area (Å²) >= 11 is 0. The molecule has 1 saturated heterocycles. The second-order valence-electron chi connectivity index (χ2n) is 7.33. The average molecular weight is 376 g/mol. The maximum Gasteiger partial charge on any atom is 0.325 e. The van der Waals surface area contributed by atoms with Gasteiger partial charge in [-0.25, -0.2) is 4.79 Å². The van der Waals surface area contributed by atoms with Gasteiger partial charge in [-0.05, 0) is 49.9 Å². The van der Waals surface area contributed by atoms with E-state index in [1.54, 1.807) is 24.3 Å². The normalized spacial score (nSPS) is 26.2. The Labute approximate surface area is 159 Å². The van der Waals surface area contributed by atoms with E-state index in [-0.39, 0.29) is 25.0 Å². The third kappa shape index (κ3) is 4.03. The minimum Gasteiger partial charge on any atom is -0.494 e. The number of imide groups is 1. The lowest BCUT2D eigenvalue weighted by Crippen LogP contribution is -2.54. The van der Waals surface area contributed by atoms with Crippen molar-refractivity contribution in [3.63, 3.8) is 0 Å². The molecule has 1 heterocycles. The fourth-order valence-electron chi connectivity index (χ4n) is 3.92. The molecule has 2 N–H and O–H groups in total. The molecule has 1 aromatic rings. The van der Waals surface area contributed by atoms with Crippen LogP contribution < -0.4 is 14.8 Å². The predicted molar refractivity (Wildman–Crippen MR) is 99.7 cm³/mol. The Kier molecular flexibility index (Phi) is 5.89. The van der Waals surface area contributed by atoms with Crippen LogP contribution in [-0.2, 0) is 4.79 Å². The van der Waals surface area contributed by atoms with Crippen LogP contribution in [0.15, 0.2) is 24.3 Å². The molecule has 1 aliphatic heterocycles. The molecule has 2 aliphatic rings. The third-order valence-electron chi connectivity index (χ3n) is 5.47. The van der Waals surface area contributed by atoms with Crippen molar-refractivity contribution in [1.29, 1.82) is 0 Å². The van der Waals surface area contributed by atoms with Crippen molar-refractivity contribution in [2.45, 2.75) is 51.2 Å². The van der Waals surface area contributed by atoms with Crippen LogP contribution in [0, 0.1) is 5.92 Å². The first-order chi connectivity index (χ1) is 13.0. The SMILES string of the molecule is CCOc1ccc(OCC(O)CN2C(=O)NC3(CCCCC3C)C2=O)cc1. The number of urea groups is 1. The largest absolute Gasteiger partial charge is 0.494 e. The molecule has 3 amide bonds. The minimum absolute atomic E-state index is 0.00635. The van der Waals surface area contributed by atoms with E-state index in [4.69, 9.17) is 9.47 Å². The van der Waals surface area contributed by atoms with Gasteiger partial charge in [0, 0.05) is 0 Å². The molecular formula is C20H28N2O5. The zero-order valence-electron chi connectivity index (χ0n) is 15.9. The Morgan fingerprint density at radius 1 is 1.22 bits per heavy atom. The maximum atomic E-state index is 12.9. The zero-order chi connectivity index (χ0) is 19.4. The Hall–Kier alpha value is -2.28. The summed E-state index contributed by atoms with van der Waals surface area (Å²) in [7, 11) is 0. The smallest absolute Gasteiger partial charge is 0.325 e. The molecule has 7 heteroatoms. The van der Waals surface area contributed by atoms with Crippen molar-refractivity contribution in [3.8, 4) is 11.5 Å². The lowest BCUT2D eigenvalue weighted by atomic mass is 9.73. The molecule has 1 spiro atoms. The lowest BCUT2D eigenvalue weighted by molar-refractivity contribution is -0.135. The average Bonchev–Trinajstić information content (AvgIpc) is 2.89. The highest BCUT2D eigenvalue weighted by atomic mass is 16.5. The zero-order valence-corrected chi connectivity index (χ0v) is 15.9. The van der Waals surface area contributed by atoms with Crippen LogP contribution in [0.5, 0.6) is 11.5 Å². The first kappa shape index (κ1) is 19.5. The molecule has 0 aromatic heterocycles. The van der Waals surface area contributed by atoms with Gasteiger partial charge in [0.2, 0.25) is 0 Å². The Morgan fingerprint density at radius 3 is 2.52 bits per heavy atom. The minimum atomic E-state index is -0.958. The summed E-state index contributed by atoms with van der Waals surface area (Å²) in [5, 5.41) is 13.2. The summed E-state index contributed by atoms with van der Waals surface area (Å²) in [6.45, 7) is 4.43. The Balaban J connectivity index is 1.55. The van der Waals surface area contributed by atoms with Gasteiger partial charge in [-0.15, -0.1) is 0 Å². The molecule has 3 rings (SSSR count). The number of aliphatic hydroxyl groups excluding tert-OH is 1. The molecule has 148 valence electrons. The van der Waals surface area contributed by atoms with E-state index >= 15 is 0 Å². The summed E-state index contributed by atoms with van der Waals surface area (Å²) < 4.78 is 10.9. The van der Waals surface area contributed by atoms with Crippen molar-refractivity contribution in [2.75, 3.05) is 19.8 Å². The van der Waals surface area contributed by atoms with Gasteiger partial charge in [0.05, 0.1) is 13.2 Å². The van der Waals surface area contributed by atoms with Crippen molar-refractivity contribution >= 4 is 11.9 Å². The molecule has 3 atom stereocenters. The van der Waals surface area contributed by atoms with Crippen LogP contribution in [-0.4, -0.2) is 53.3 Å². The number of carbonyl (C=O) groups is 2. The highest BCUT2D eigenvalue weighted by Crippen LogP contribution is 2.38. The summed E-state index contributed by atoms with van der Waals surface area (Å²) in [6.07, 6.45) is 2.62. The maximum absolute atomic E-state index is 12.9. The third-order valence-corrected chi connectivity index (χ3v) is 5.47. The number of benzene rings is 1. The van der Waals surface area contributed by atoms with E-state index in [9.17, 15) is 14.7 Å². The quantitative estimate of drug-likeness (QED) is 0.713. The van der Waals surface area contributed by atoms with Gasteiger partial charge in [0.25, 0.3) is 5.91 Å². The summed E-state index contributed by atoms with van der Waals surface area (Å²) in [6, 6.07) is 6.66. The number of aliphatic hydroxyl groups is 1. The van der Waals surface area contributed by atoms with Gasteiger partial charge in [-0.1, -0.05) is 19.8 Å². The van der Waals surface area contributed by atoms with Crippen LogP contribution in [0.2, 0.25) is 0 Å². The van der Waals surface area contributed by atoms with Gasteiger partial charge >= 0.3 is 6.03 Å². The van der Waals surface area contributed by atoms with Crippen LogP contribution >= 0.6 is 0 Å². The van der Waals surface area contributed by atoms with E-state index in [1.165, 1.54) is 0 Å². The first-order valence-electron chi connectivity index (χ1n) is 9.64. The van der Waals surface area contributed by atoms with Crippen molar-refractivity contribution in [3.05, 3.63) is 24.3 Å². The molecule has 3 unspecified atom stereocenters. The van der Waals surface area contributed by atoms with E-state index in [2.05, 4.69) is 5.32 Å². The second kappa shape index (κ2) is 8.17. The molecule has 1 aromatic carbocycles. The van der Waals surface area contributed by atoms with E-state index < -0.39 is 17.7 Å². The number of hydrogen-bond acceptors (Lipinski definition) is 5. The number of carbonyl (C=O) groups excluding carboxylic acids is 2. The summed E-state index contributed by atoms with van der Waals surface area (Å²) in [5.41, 5.74) is -0.801. The van der Waals surface area contributed by atoms with E-state index in [0.717, 1.165) is 29.9 Å². The summed E-state index contributed by atoms with van der Waals surface area (Å²) in [5.74, 6) is 1.22. The monoisotopic (exact) mass is 376 g/mol. The molecular weight excluding hydrogens is 348 g/mol. The number of β-amino-alcohol motifs (C(OH)–C–C–N with tert-alkyl or cyclic N) is 1. The van der Waals surface area contributed by atoms with Gasteiger partial charge in [0.15, 0.2) is 0 Å². The number of rotatable bonds is 7. The van der Waals surface area contributed by atoms with Gasteiger partial charge in [0.1, 0.15) is 29.7 Å². The molecule has 0 radical (unpaired) electrons. The molecule has 7 nitrogen and oxygen atoms in total. The Morgan fingerprint density at radius 2 is 1.89 bits per heavy atom. The van der Waals surface area contributed by atoms with Crippen LogP contribution in [0.3, 0.4) is 0 Å². The molecule has 1 aliphatic carbocycles. The fraction of sp³-hybridized carbons (Fsp3) is 0.600. The van der Waals surface area contributed by atoms with Crippen molar-refractivity contribution in [2.24, 2.45) is 5.92 Å². The molecule has 2 fully saturated rings. The molecule has 27 heavy (non-hydrogen) atoms. The van der Waals surface area contributed by atoms with Crippen molar-refractivity contribution in [1.82, 2.24) is 10.2 Å². The lowest BCUT2D eigenvalue weighted by Gasteiger charge is -2.36. The number of hydrogen-bond donors (Lipinski definition) is 2. The van der Waals surface area contributed by atoms with Crippen LogP contribution in [0.4, 0.5) is 4.79 Å². The van der Waals surface area contributed by atoms with E-state index in [1.807, 2.05) is 13.8 Å². The summed E-state index contributed by atoms with van der Waals surface area (Å²) in [4.78, 5) is 26.4. The van der Waals surface area contributed by atoms with Crippen molar-refractivity contribution < 1.29 is 24.2 Å². The van der Waals surface area contributed by atoms with Crippen LogP contribution in [0.1, 0.15) is 39.5 Å². The van der Waals surface area contributed by atoms with E-state index in [0.29, 0.717) is 18.8 Å². The number of nitrogens with zero attached hydrogens (tertiary/aromatic N) is 1. The van der Waals surface area contributed by atoms with Gasteiger partial charge in [-0.3, -0.25) is 9.69 Å². The molecule has 1 saturated carbocycles.